The minimum Gasteiger partial charge on any atom is -0.365 e. The van der Waals surface area contributed by atoms with Crippen LogP contribution in [0.5, 0.6) is 0 Å². The molecule has 0 fully saturated rings. The molecule has 4 rings (SSSR count). The van der Waals surface area contributed by atoms with Crippen LogP contribution in [0.1, 0.15) is 22.4 Å². The van der Waals surface area contributed by atoms with Crippen molar-refractivity contribution in [2.75, 3.05) is 5.32 Å². The lowest BCUT2D eigenvalue weighted by atomic mass is 10.2. The maximum Gasteiger partial charge on any atom is 0.225 e. The van der Waals surface area contributed by atoms with Gasteiger partial charge < -0.3 is 5.32 Å². The van der Waals surface area contributed by atoms with Gasteiger partial charge >= 0.3 is 0 Å². The lowest BCUT2D eigenvalue weighted by molar-refractivity contribution is 0.917. The van der Waals surface area contributed by atoms with Crippen molar-refractivity contribution in [2.24, 2.45) is 0 Å². The zero-order valence-corrected chi connectivity index (χ0v) is 13.0. The van der Waals surface area contributed by atoms with Gasteiger partial charge in [0.2, 0.25) is 5.28 Å². The summed E-state index contributed by atoms with van der Waals surface area (Å²) < 4.78 is 0. The number of benzene rings is 1. The van der Waals surface area contributed by atoms with E-state index in [9.17, 15) is 0 Å². The van der Waals surface area contributed by atoms with E-state index < -0.39 is 0 Å². The average Bonchev–Trinajstić information content (AvgIpc) is 3.06. The van der Waals surface area contributed by atoms with Gasteiger partial charge in [-0.15, -0.1) is 11.3 Å². The van der Waals surface area contributed by atoms with Gasteiger partial charge in [0.25, 0.3) is 0 Å². The third kappa shape index (κ3) is 2.39. The van der Waals surface area contributed by atoms with Crippen LogP contribution in [0.3, 0.4) is 0 Å². The molecule has 1 aliphatic rings. The number of halogens is 1. The van der Waals surface area contributed by atoms with Crippen molar-refractivity contribution in [3.8, 4) is 0 Å². The summed E-state index contributed by atoms with van der Waals surface area (Å²) in [6, 6.07) is 10.3. The van der Waals surface area contributed by atoms with Crippen LogP contribution >= 0.6 is 22.9 Å². The van der Waals surface area contributed by atoms with Crippen molar-refractivity contribution in [3.05, 3.63) is 51.6 Å². The van der Waals surface area contributed by atoms with Gasteiger partial charge in [-0.3, -0.25) is 0 Å². The molecule has 3 nitrogen and oxygen atoms in total. The molecule has 1 aliphatic carbocycles. The SMILES string of the molecule is Clc1nc(NCc2ccccc2)c2c3c(sc2n1)CCC3. The van der Waals surface area contributed by atoms with Gasteiger partial charge in [-0.05, 0) is 42.0 Å². The molecule has 2 aromatic heterocycles. The number of hydrogen-bond acceptors (Lipinski definition) is 4. The summed E-state index contributed by atoms with van der Waals surface area (Å²) in [5, 5.41) is 4.92. The third-order valence-electron chi connectivity index (χ3n) is 3.84. The Bertz CT molecular complexity index is 798. The normalized spacial score (nSPS) is 13.6. The van der Waals surface area contributed by atoms with Crippen LogP contribution < -0.4 is 5.32 Å². The third-order valence-corrected chi connectivity index (χ3v) is 5.19. The Labute approximate surface area is 132 Å². The molecular formula is C16H14ClN3S. The number of aryl methyl sites for hydroxylation is 2. The molecule has 0 saturated heterocycles. The van der Waals surface area contributed by atoms with E-state index >= 15 is 0 Å². The Morgan fingerprint density at radius 2 is 2.00 bits per heavy atom. The molecule has 0 amide bonds. The highest BCUT2D eigenvalue weighted by atomic mass is 35.5. The van der Waals surface area contributed by atoms with Crippen molar-refractivity contribution >= 4 is 39.0 Å². The van der Waals surface area contributed by atoms with Crippen molar-refractivity contribution in [3.63, 3.8) is 0 Å². The predicted molar refractivity (Wildman–Crippen MR) is 88.2 cm³/mol. The molecular weight excluding hydrogens is 302 g/mol. The molecule has 0 atom stereocenters. The van der Waals surface area contributed by atoms with Crippen molar-refractivity contribution in [2.45, 2.75) is 25.8 Å². The van der Waals surface area contributed by atoms with Gasteiger partial charge in [0.05, 0.1) is 5.39 Å². The van der Waals surface area contributed by atoms with Crippen LogP contribution in [0.2, 0.25) is 5.28 Å². The van der Waals surface area contributed by atoms with E-state index in [4.69, 9.17) is 11.6 Å². The standard InChI is InChI=1S/C16H14ClN3S/c17-16-19-14(18-9-10-5-2-1-3-6-10)13-11-7-4-8-12(11)21-15(13)20-16/h1-3,5-6H,4,7-9H2,(H,18,19,20). The fourth-order valence-corrected chi connectivity index (χ4v) is 4.36. The largest absolute Gasteiger partial charge is 0.365 e. The Balaban J connectivity index is 1.73. The van der Waals surface area contributed by atoms with Gasteiger partial charge in [0.15, 0.2) is 0 Å². The monoisotopic (exact) mass is 315 g/mol. The fourth-order valence-electron chi connectivity index (χ4n) is 2.88. The van der Waals surface area contributed by atoms with E-state index in [1.54, 1.807) is 11.3 Å². The van der Waals surface area contributed by atoms with E-state index in [1.165, 1.54) is 27.8 Å². The van der Waals surface area contributed by atoms with Gasteiger partial charge in [0, 0.05) is 11.4 Å². The Kier molecular flexibility index (Phi) is 3.28. The van der Waals surface area contributed by atoms with Gasteiger partial charge in [-0.25, -0.2) is 9.97 Å². The van der Waals surface area contributed by atoms with E-state index in [0.717, 1.165) is 30.0 Å². The molecule has 3 aromatic rings. The number of nitrogens with one attached hydrogen (secondary N) is 1. The molecule has 0 aliphatic heterocycles. The maximum absolute atomic E-state index is 6.07. The Morgan fingerprint density at radius 1 is 1.14 bits per heavy atom. The van der Waals surface area contributed by atoms with E-state index in [-0.39, 0.29) is 0 Å². The molecule has 0 saturated carbocycles. The molecule has 5 heteroatoms. The van der Waals surface area contributed by atoms with Crippen molar-refractivity contribution < 1.29 is 0 Å². The summed E-state index contributed by atoms with van der Waals surface area (Å²) >= 11 is 7.83. The first kappa shape index (κ1) is 13.0. The lowest BCUT2D eigenvalue weighted by Gasteiger charge is -2.08. The number of anilines is 1. The summed E-state index contributed by atoms with van der Waals surface area (Å²) in [4.78, 5) is 11.3. The first-order chi connectivity index (χ1) is 10.3. The summed E-state index contributed by atoms with van der Waals surface area (Å²) in [6.07, 6.45) is 3.52. The van der Waals surface area contributed by atoms with Crippen LogP contribution in [0.15, 0.2) is 30.3 Å². The number of nitrogens with zero attached hydrogens (tertiary/aromatic N) is 2. The maximum atomic E-state index is 6.07. The van der Waals surface area contributed by atoms with E-state index in [1.807, 2.05) is 18.2 Å². The lowest BCUT2D eigenvalue weighted by Crippen LogP contribution is -2.03. The highest BCUT2D eigenvalue weighted by molar-refractivity contribution is 7.19. The van der Waals surface area contributed by atoms with Crippen LogP contribution in [0.4, 0.5) is 5.82 Å². The topological polar surface area (TPSA) is 37.8 Å². The van der Waals surface area contributed by atoms with Crippen LogP contribution in [-0.4, -0.2) is 9.97 Å². The number of hydrogen-bond donors (Lipinski definition) is 1. The predicted octanol–water partition coefficient (Wildman–Crippen LogP) is 4.45. The number of rotatable bonds is 3. The Morgan fingerprint density at radius 3 is 2.86 bits per heavy atom. The van der Waals surface area contributed by atoms with E-state index in [0.29, 0.717) is 5.28 Å². The smallest absolute Gasteiger partial charge is 0.225 e. The molecule has 0 spiro atoms. The zero-order valence-electron chi connectivity index (χ0n) is 11.4. The second-order valence-corrected chi connectivity index (χ2v) is 6.64. The number of aromatic nitrogens is 2. The quantitative estimate of drug-likeness (QED) is 0.726. The van der Waals surface area contributed by atoms with Gasteiger partial charge in [0.1, 0.15) is 10.6 Å². The summed E-state index contributed by atoms with van der Waals surface area (Å²) in [5.74, 6) is 0.869. The molecule has 1 N–H and O–H groups in total. The molecule has 106 valence electrons. The molecule has 1 aromatic carbocycles. The minimum absolute atomic E-state index is 0.318. The highest BCUT2D eigenvalue weighted by Crippen LogP contribution is 2.39. The minimum atomic E-state index is 0.318. The van der Waals surface area contributed by atoms with Crippen LogP contribution in [0, 0.1) is 0 Å². The average molecular weight is 316 g/mol. The molecule has 0 unspecified atom stereocenters. The van der Waals surface area contributed by atoms with E-state index in [2.05, 4.69) is 27.4 Å². The van der Waals surface area contributed by atoms with Crippen molar-refractivity contribution in [1.82, 2.24) is 9.97 Å². The molecule has 2 heterocycles. The summed E-state index contributed by atoms with van der Waals surface area (Å²) in [5.41, 5.74) is 2.65. The number of thiophene rings is 1. The summed E-state index contributed by atoms with van der Waals surface area (Å²) in [7, 11) is 0. The number of fused-ring (bicyclic) bond motifs is 3. The molecule has 0 radical (unpaired) electrons. The van der Waals surface area contributed by atoms with Crippen LogP contribution in [-0.2, 0) is 19.4 Å². The molecule has 21 heavy (non-hydrogen) atoms. The molecule has 0 bridgehead atoms. The first-order valence-electron chi connectivity index (χ1n) is 7.07. The second kappa shape index (κ2) is 5.28. The van der Waals surface area contributed by atoms with Crippen LogP contribution in [0.25, 0.3) is 10.2 Å². The summed E-state index contributed by atoms with van der Waals surface area (Å²) in [6.45, 7) is 0.744. The van der Waals surface area contributed by atoms with Gasteiger partial charge in [-0.1, -0.05) is 30.3 Å². The van der Waals surface area contributed by atoms with Crippen molar-refractivity contribution in [1.29, 1.82) is 0 Å². The highest BCUT2D eigenvalue weighted by Gasteiger charge is 2.21. The second-order valence-electron chi connectivity index (χ2n) is 5.22. The zero-order chi connectivity index (χ0) is 14.2. The van der Waals surface area contributed by atoms with Gasteiger partial charge in [-0.2, -0.15) is 0 Å². The first-order valence-corrected chi connectivity index (χ1v) is 8.26. The Hall–Kier alpha value is -1.65. The fraction of sp³-hybridized carbons (Fsp3) is 0.250.